The van der Waals surface area contributed by atoms with E-state index in [9.17, 15) is 5.11 Å². The van der Waals surface area contributed by atoms with E-state index in [0.717, 1.165) is 37.3 Å². The Hall–Kier alpha value is -1.10. The fourth-order valence-corrected chi connectivity index (χ4v) is 3.67. The van der Waals surface area contributed by atoms with Gasteiger partial charge in [0.05, 0.1) is 12.1 Å². The normalized spacial score (nSPS) is 24.0. The second kappa shape index (κ2) is 6.80. The fourth-order valence-electron chi connectivity index (χ4n) is 3.54. The van der Waals surface area contributed by atoms with Crippen LogP contribution in [0.25, 0.3) is 0 Å². The van der Waals surface area contributed by atoms with Crippen LogP contribution in [0.2, 0.25) is 5.02 Å². The number of rotatable bonds is 5. The van der Waals surface area contributed by atoms with E-state index in [1.54, 1.807) is 0 Å². The number of aliphatic hydroxyl groups is 1. The molecule has 1 aromatic rings. The van der Waals surface area contributed by atoms with Crippen LogP contribution in [-0.4, -0.2) is 39.8 Å². The molecule has 5 heteroatoms. The van der Waals surface area contributed by atoms with E-state index < -0.39 is 5.60 Å². The topological polar surface area (TPSA) is 39.1 Å². The molecule has 0 radical (unpaired) electrons. The van der Waals surface area contributed by atoms with Gasteiger partial charge in [-0.05, 0) is 36.5 Å². The number of β-amino-alcohol motifs (C(OH)–C–C–N with tert-alkyl or cyclic N) is 1. The first-order chi connectivity index (χ1) is 11.0. The van der Waals surface area contributed by atoms with E-state index in [2.05, 4.69) is 28.9 Å². The van der Waals surface area contributed by atoms with Crippen molar-refractivity contribution in [3.8, 4) is 0 Å². The first kappa shape index (κ1) is 16.7. The van der Waals surface area contributed by atoms with Gasteiger partial charge in [-0.3, -0.25) is 10.0 Å². The Morgan fingerprint density at radius 2 is 1.91 bits per heavy atom. The molecule has 2 aliphatic rings. The van der Waals surface area contributed by atoms with Crippen molar-refractivity contribution in [2.24, 2.45) is 10.9 Å². The summed E-state index contributed by atoms with van der Waals surface area (Å²) < 4.78 is 0. The SMILES string of the molecule is CC(C)C1N=CN(Cc2ccc(Cl)cc2)N1CC1(O)CCCC1. The molecule has 1 heterocycles. The van der Waals surface area contributed by atoms with Crippen LogP contribution in [0.15, 0.2) is 29.3 Å². The number of halogens is 1. The van der Waals surface area contributed by atoms with E-state index in [0.29, 0.717) is 12.5 Å². The molecular formula is C18H26ClN3O. The molecule has 23 heavy (non-hydrogen) atoms. The van der Waals surface area contributed by atoms with Gasteiger partial charge in [0, 0.05) is 11.6 Å². The van der Waals surface area contributed by atoms with Crippen molar-refractivity contribution in [2.45, 2.75) is 57.8 Å². The van der Waals surface area contributed by atoms with E-state index in [-0.39, 0.29) is 6.17 Å². The van der Waals surface area contributed by atoms with Crippen LogP contribution < -0.4 is 0 Å². The van der Waals surface area contributed by atoms with Crippen LogP contribution in [0.3, 0.4) is 0 Å². The van der Waals surface area contributed by atoms with Gasteiger partial charge in [-0.25, -0.2) is 0 Å². The number of aliphatic imine (C=N–C) groups is 1. The molecule has 0 amide bonds. The summed E-state index contributed by atoms with van der Waals surface area (Å²) in [5.41, 5.74) is 0.618. The zero-order valence-corrected chi connectivity index (χ0v) is 14.7. The molecule has 1 aromatic carbocycles. The van der Waals surface area contributed by atoms with Crippen molar-refractivity contribution in [2.75, 3.05) is 6.54 Å². The number of benzene rings is 1. The molecule has 3 rings (SSSR count). The second-order valence-corrected chi connectivity index (χ2v) is 7.61. The van der Waals surface area contributed by atoms with Crippen LogP contribution in [0.1, 0.15) is 45.1 Å². The lowest BCUT2D eigenvalue weighted by Crippen LogP contribution is -2.51. The van der Waals surface area contributed by atoms with Gasteiger partial charge in [-0.1, -0.05) is 50.4 Å². The number of hydrogen-bond acceptors (Lipinski definition) is 4. The van der Waals surface area contributed by atoms with Gasteiger partial charge in [0.25, 0.3) is 0 Å². The number of hydrogen-bond donors (Lipinski definition) is 1. The average Bonchev–Trinajstić information content (AvgIpc) is 3.09. The summed E-state index contributed by atoms with van der Waals surface area (Å²) in [5.74, 6) is 0.409. The van der Waals surface area contributed by atoms with Gasteiger partial charge in [-0.2, -0.15) is 5.01 Å². The predicted molar refractivity (Wildman–Crippen MR) is 94.2 cm³/mol. The van der Waals surface area contributed by atoms with Crippen LogP contribution in [0.4, 0.5) is 0 Å². The molecule has 1 aliphatic carbocycles. The third kappa shape index (κ3) is 3.87. The van der Waals surface area contributed by atoms with Crippen molar-refractivity contribution < 1.29 is 5.11 Å². The van der Waals surface area contributed by atoms with E-state index >= 15 is 0 Å². The number of hydrazine groups is 1. The molecule has 1 saturated carbocycles. The molecule has 1 atom stereocenters. The van der Waals surface area contributed by atoms with E-state index in [4.69, 9.17) is 11.6 Å². The van der Waals surface area contributed by atoms with Crippen molar-refractivity contribution in [3.05, 3.63) is 34.9 Å². The maximum atomic E-state index is 10.8. The van der Waals surface area contributed by atoms with Crippen molar-refractivity contribution in [3.63, 3.8) is 0 Å². The highest BCUT2D eigenvalue weighted by Gasteiger charge is 2.39. The smallest absolute Gasteiger partial charge is 0.123 e. The molecule has 0 spiro atoms. The quantitative estimate of drug-likeness (QED) is 0.892. The third-order valence-electron chi connectivity index (χ3n) is 4.83. The van der Waals surface area contributed by atoms with Gasteiger partial charge in [-0.15, -0.1) is 0 Å². The molecule has 0 bridgehead atoms. The molecule has 1 fully saturated rings. The van der Waals surface area contributed by atoms with Crippen LogP contribution in [0, 0.1) is 5.92 Å². The standard InChI is InChI=1S/C18H26ClN3O/c1-14(2)17-20-13-21(11-15-5-7-16(19)8-6-15)22(17)12-18(23)9-3-4-10-18/h5-8,13-14,17,23H,3-4,9-12H2,1-2H3. The molecule has 126 valence electrons. The zero-order chi connectivity index (χ0) is 16.4. The maximum absolute atomic E-state index is 10.8. The first-order valence-corrected chi connectivity index (χ1v) is 8.88. The fraction of sp³-hybridized carbons (Fsp3) is 0.611. The average molecular weight is 336 g/mol. The van der Waals surface area contributed by atoms with Crippen LogP contribution in [0.5, 0.6) is 0 Å². The predicted octanol–water partition coefficient (Wildman–Crippen LogP) is 3.69. The van der Waals surface area contributed by atoms with Crippen molar-refractivity contribution in [1.29, 1.82) is 0 Å². The largest absolute Gasteiger partial charge is 0.388 e. The molecular weight excluding hydrogens is 310 g/mol. The summed E-state index contributed by atoms with van der Waals surface area (Å²) in [5, 5.41) is 16.0. The van der Waals surface area contributed by atoms with E-state index in [1.807, 2.05) is 30.6 Å². The number of nitrogens with zero attached hydrogens (tertiary/aromatic N) is 3. The summed E-state index contributed by atoms with van der Waals surface area (Å²) >= 11 is 5.97. The Morgan fingerprint density at radius 3 is 2.52 bits per heavy atom. The summed E-state index contributed by atoms with van der Waals surface area (Å²) in [4.78, 5) is 4.67. The maximum Gasteiger partial charge on any atom is 0.123 e. The molecule has 4 nitrogen and oxygen atoms in total. The van der Waals surface area contributed by atoms with Gasteiger partial charge < -0.3 is 5.11 Å². The summed E-state index contributed by atoms with van der Waals surface area (Å²) in [6.45, 7) is 5.77. The van der Waals surface area contributed by atoms with Gasteiger partial charge in [0.2, 0.25) is 0 Å². The molecule has 1 unspecified atom stereocenters. The van der Waals surface area contributed by atoms with Gasteiger partial charge in [0.1, 0.15) is 12.5 Å². The van der Waals surface area contributed by atoms with Crippen molar-refractivity contribution in [1.82, 2.24) is 10.0 Å². The van der Waals surface area contributed by atoms with Crippen molar-refractivity contribution >= 4 is 17.9 Å². The van der Waals surface area contributed by atoms with Crippen LogP contribution >= 0.6 is 11.6 Å². The lowest BCUT2D eigenvalue weighted by Gasteiger charge is -2.38. The zero-order valence-electron chi connectivity index (χ0n) is 14.0. The van der Waals surface area contributed by atoms with Gasteiger partial charge in [0.15, 0.2) is 0 Å². The highest BCUT2D eigenvalue weighted by Crippen LogP contribution is 2.33. The molecule has 0 aromatic heterocycles. The van der Waals surface area contributed by atoms with E-state index in [1.165, 1.54) is 5.56 Å². The Labute approximate surface area is 143 Å². The molecule has 0 saturated heterocycles. The monoisotopic (exact) mass is 335 g/mol. The lowest BCUT2D eigenvalue weighted by atomic mass is 10.0. The Morgan fingerprint density at radius 1 is 1.26 bits per heavy atom. The minimum Gasteiger partial charge on any atom is -0.388 e. The summed E-state index contributed by atoms with van der Waals surface area (Å²) in [6.07, 6.45) is 6.04. The Kier molecular flexibility index (Phi) is 4.95. The molecule has 1 aliphatic heterocycles. The summed E-state index contributed by atoms with van der Waals surface area (Å²) in [7, 11) is 0. The highest BCUT2D eigenvalue weighted by molar-refractivity contribution is 6.30. The Balaban J connectivity index is 1.74. The molecule has 1 N–H and O–H groups in total. The lowest BCUT2D eigenvalue weighted by molar-refractivity contribution is -0.0737. The van der Waals surface area contributed by atoms with Crippen LogP contribution in [-0.2, 0) is 6.54 Å². The Bertz CT molecular complexity index is 552. The first-order valence-electron chi connectivity index (χ1n) is 8.50. The third-order valence-corrected chi connectivity index (χ3v) is 5.08. The second-order valence-electron chi connectivity index (χ2n) is 7.18. The minimum absolute atomic E-state index is 0.104. The summed E-state index contributed by atoms with van der Waals surface area (Å²) in [6, 6.07) is 7.92. The minimum atomic E-state index is -0.570. The highest BCUT2D eigenvalue weighted by atomic mass is 35.5. The van der Waals surface area contributed by atoms with Gasteiger partial charge >= 0.3 is 0 Å².